The fourth-order valence-corrected chi connectivity index (χ4v) is 2.81. The van der Waals surface area contributed by atoms with Crippen LogP contribution < -0.4 is 5.56 Å². The molecule has 0 aliphatic heterocycles. The number of carbonyl (C=O) groups is 1. The van der Waals surface area contributed by atoms with Crippen LogP contribution in [0.5, 0.6) is 0 Å². The molecule has 1 aliphatic carbocycles. The summed E-state index contributed by atoms with van der Waals surface area (Å²) < 4.78 is 1.70. The van der Waals surface area contributed by atoms with E-state index in [0.29, 0.717) is 23.9 Å². The average Bonchev–Trinajstić information content (AvgIpc) is 3.29. The highest BCUT2D eigenvalue weighted by molar-refractivity contribution is 5.95. The van der Waals surface area contributed by atoms with Crippen LogP contribution >= 0.6 is 0 Å². The minimum absolute atomic E-state index is 0.0832. The van der Waals surface area contributed by atoms with Crippen LogP contribution in [-0.2, 0) is 6.54 Å². The molecular formula is C19H30N2O2. The molecule has 0 spiro atoms. The Morgan fingerprint density at radius 1 is 1.39 bits per heavy atom. The Hall–Kier alpha value is -1.58. The second kappa shape index (κ2) is 7.80. The zero-order valence-corrected chi connectivity index (χ0v) is 15.0. The number of aryl methyl sites for hydroxylation is 2. The van der Waals surface area contributed by atoms with Crippen LogP contribution in [0.1, 0.15) is 62.4 Å². The van der Waals surface area contributed by atoms with E-state index in [9.17, 15) is 9.59 Å². The van der Waals surface area contributed by atoms with Gasteiger partial charge in [0.25, 0.3) is 11.5 Å². The van der Waals surface area contributed by atoms with Crippen LogP contribution in [0.3, 0.4) is 0 Å². The lowest BCUT2D eigenvalue weighted by molar-refractivity contribution is 0.0744. The Morgan fingerprint density at radius 3 is 2.65 bits per heavy atom. The predicted octanol–water partition coefficient (Wildman–Crippen LogP) is 3.47. The van der Waals surface area contributed by atoms with Crippen molar-refractivity contribution in [1.29, 1.82) is 0 Å². The number of hydrogen-bond acceptors (Lipinski definition) is 2. The summed E-state index contributed by atoms with van der Waals surface area (Å²) in [5.74, 6) is 1.09. The molecule has 1 aliphatic rings. The van der Waals surface area contributed by atoms with Gasteiger partial charge < -0.3 is 9.47 Å². The van der Waals surface area contributed by atoms with Crippen molar-refractivity contribution in [2.75, 3.05) is 13.1 Å². The number of amides is 1. The highest BCUT2D eigenvalue weighted by atomic mass is 16.2. The van der Waals surface area contributed by atoms with E-state index in [0.717, 1.165) is 31.5 Å². The van der Waals surface area contributed by atoms with Gasteiger partial charge in [-0.3, -0.25) is 9.59 Å². The molecular weight excluding hydrogens is 288 g/mol. The first-order chi connectivity index (χ1) is 10.9. The molecule has 1 fully saturated rings. The molecule has 0 atom stereocenters. The van der Waals surface area contributed by atoms with Gasteiger partial charge in [0.05, 0.1) is 0 Å². The van der Waals surface area contributed by atoms with Gasteiger partial charge in [0.15, 0.2) is 0 Å². The van der Waals surface area contributed by atoms with E-state index < -0.39 is 0 Å². The molecule has 0 bridgehead atoms. The third-order valence-corrected chi connectivity index (χ3v) is 4.49. The summed E-state index contributed by atoms with van der Waals surface area (Å²) in [6.45, 7) is 10.4. The smallest absolute Gasteiger partial charge is 0.263 e. The molecule has 128 valence electrons. The first kappa shape index (κ1) is 17.8. The summed E-state index contributed by atoms with van der Waals surface area (Å²) in [5, 5.41) is 0. The third-order valence-electron chi connectivity index (χ3n) is 4.49. The normalized spacial score (nSPS) is 14.3. The summed E-state index contributed by atoms with van der Waals surface area (Å²) in [6.07, 6.45) is 6.10. The molecule has 4 nitrogen and oxygen atoms in total. The Morgan fingerprint density at radius 2 is 2.09 bits per heavy atom. The van der Waals surface area contributed by atoms with Crippen molar-refractivity contribution in [3.8, 4) is 0 Å². The highest BCUT2D eigenvalue weighted by Crippen LogP contribution is 2.30. The molecule has 0 unspecified atom stereocenters. The van der Waals surface area contributed by atoms with Gasteiger partial charge in [-0.05, 0) is 56.1 Å². The van der Waals surface area contributed by atoms with Gasteiger partial charge in [0.2, 0.25) is 0 Å². The summed E-state index contributed by atoms with van der Waals surface area (Å²) >= 11 is 0. The predicted molar refractivity (Wildman–Crippen MR) is 93.8 cm³/mol. The fourth-order valence-electron chi connectivity index (χ4n) is 2.81. The Bertz CT molecular complexity index is 600. The van der Waals surface area contributed by atoms with E-state index >= 15 is 0 Å². The van der Waals surface area contributed by atoms with Crippen LogP contribution in [0.4, 0.5) is 0 Å². The zero-order valence-electron chi connectivity index (χ0n) is 15.0. The summed E-state index contributed by atoms with van der Waals surface area (Å²) in [5.41, 5.74) is 1.02. The van der Waals surface area contributed by atoms with Crippen LogP contribution in [0.15, 0.2) is 17.1 Å². The topological polar surface area (TPSA) is 42.3 Å². The second-order valence-electron chi connectivity index (χ2n) is 7.25. The van der Waals surface area contributed by atoms with Gasteiger partial charge in [0, 0.05) is 25.8 Å². The van der Waals surface area contributed by atoms with E-state index in [4.69, 9.17) is 0 Å². The molecule has 1 saturated carbocycles. The largest absolute Gasteiger partial charge is 0.338 e. The van der Waals surface area contributed by atoms with Crippen LogP contribution in [0.2, 0.25) is 0 Å². The molecule has 0 saturated heterocycles. The van der Waals surface area contributed by atoms with Crippen molar-refractivity contribution in [2.24, 2.45) is 11.8 Å². The van der Waals surface area contributed by atoms with Gasteiger partial charge in [-0.2, -0.15) is 0 Å². The minimum Gasteiger partial charge on any atom is -0.338 e. The molecule has 1 heterocycles. The first-order valence-corrected chi connectivity index (χ1v) is 8.93. The van der Waals surface area contributed by atoms with E-state index in [1.807, 2.05) is 24.1 Å². The van der Waals surface area contributed by atoms with Gasteiger partial charge in [-0.1, -0.05) is 20.8 Å². The lowest BCUT2D eigenvalue weighted by Gasteiger charge is -2.23. The minimum atomic E-state index is -0.132. The maximum absolute atomic E-state index is 12.9. The molecule has 0 radical (unpaired) electrons. The van der Waals surface area contributed by atoms with Crippen LogP contribution in [0.25, 0.3) is 0 Å². The van der Waals surface area contributed by atoms with Crippen LogP contribution in [-0.4, -0.2) is 28.5 Å². The Labute approximate surface area is 139 Å². The maximum atomic E-state index is 12.9. The lowest BCUT2D eigenvalue weighted by Crippen LogP contribution is -2.39. The standard InChI is InChI=1S/C19H30N2O2/c1-5-10-21(13-16-6-7-16)19(23)17-15(4)9-12-20(18(17)22)11-8-14(2)3/h9,12,14,16H,5-8,10-11,13H2,1-4H3. The highest BCUT2D eigenvalue weighted by Gasteiger charge is 2.28. The maximum Gasteiger partial charge on any atom is 0.263 e. The van der Waals surface area contributed by atoms with Crippen molar-refractivity contribution in [3.05, 3.63) is 33.7 Å². The quantitative estimate of drug-likeness (QED) is 0.736. The average molecular weight is 318 g/mol. The zero-order chi connectivity index (χ0) is 17.0. The molecule has 1 aromatic rings. The number of aromatic nitrogens is 1. The Balaban J connectivity index is 2.26. The van der Waals surface area contributed by atoms with Gasteiger partial charge in [-0.15, -0.1) is 0 Å². The summed E-state index contributed by atoms with van der Waals surface area (Å²) in [4.78, 5) is 27.6. The van der Waals surface area contributed by atoms with Crippen molar-refractivity contribution in [2.45, 2.75) is 59.9 Å². The summed E-state index contributed by atoms with van der Waals surface area (Å²) in [6, 6.07) is 1.90. The van der Waals surface area contributed by atoms with Gasteiger partial charge in [-0.25, -0.2) is 0 Å². The second-order valence-corrected chi connectivity index (χ2v) is 7.25. The molecule has 2 rings (SSSR count). The number of rotatable bonds is 8. The lowest BCUT2D eigenvalue weighted by atomic mass is 10.1. The van der Waals surface area contributed by atoms with Crippen molar-refractivity contribution < 1.29 is 4.79 Å². The molecule has 1 amide bonds. The number of nitrogens with zero attached hydrogens (tertiary/aromatic N) is 2. The third kappa shape index (κ3) is 4.69. The Kier molecular flexibility index (Phi) is 6.03. The van der Waals surface area contributed by atoms with E-state index in [-0.39, 0.29) is 11.5 Å². The van der Waals surface area contributed by atoms with Crippen molar-refractivity contribution in [1.82, 2.24) is 9.47 Å². The molecule has 23 heavy (non-hydrogen) atoms. The molecule has 0 N–H and O–H groups in total. The number of pyridine rings is 1. The molecule has 0 aromatic carbocycles. The first-order valence-electron chi connectivity index (χ1n) is 8.93. The van der Waals surface area contributed by atoms with Gasteiger partial charge in [0.1, 0.15) is 5.56 Å². The van der Waals surface area contributed by atoms with Gasteiger partial charge >= 0.3 is 0 Å². The van der Waals surface area contributed by atoms with E-state index in [2.05, 4.69) is 20.8 Å². The fraction of sp³-hybridized carbons (Fsp3) is 0.684. The van der Waals surface area contributed by atoms with Crippen molar-refractivity contribution >= 4 is 5.91 Å². The molecule has 1 aromatic heterocycles. The number of hydrogen-bond donors (Lipinski definition) is 0. The van der Waals surface area contributed by atoms with E-state index in [1.165, 1.54) is 12.8 Å². The monoisotopic (exact) mass is 318 g/mol. The molecule has 4 heteroatoms. The van der Waals surface area contributed by atoms with Crippen molar-refractivity contribution in [3.63, 3.8) is 0 Å². The summed E-state index contributed by atoms with van der Waals surface area (Å²) in [7, 11) is 0. The SMILES string of the molecule is CCCN(CC1CC1)C(=O)c1c(C)ccn(CCC(C)C)c1=O. The van der Waals surface area contributed by atoms with E-state index in [1.54, 1.807) is 4.57 Å². The van der Waals surface area contributed by atoms with Crippen LogP contribution in [0, 0.1) is 18.8 Å². The number of carbonyl (C=O) groups excluding carboxylic acids is 1.